The van der Waals surface area contributed by atoms with Crippen molar-refractivity contribution in [3.63, 3.8) is 0 Å². The Labute approximate surface area is 110 Å². The van der Waals surface area contributed by atoms with Gasteiger partial charge >= 0.3 is 0 Å². The molecule has 1 heterocycles. The second-order valence-electron chi connectivity index (χ2n) is 4.79. The van der Waals surface area contributed by atoms with Gasteiger partial charge in [-0.25, -0.2) is 0 Å². The number of unbranched alkanes of at least 4 members (excludes halogenated alkanes) is 8. The minimum absolute atomic E-state index is 0.364. The molecule has 0 unspecified atom stereocenters. The largest absolute Gasteiger partial charge is 0.396 e. The highest BCUT2D eigenvalue weighted by Gasteiger charge is 1.94. The molecule has 2 heteroatoms. The lowest BCUT2D eigenvalue weighted by Gasteiger charge is -2.01. The van der Waals surface area contributed by atoms with Crippen LogP contribution in [0.25, 0.3) is 0 Å². The first kappa shape index (κ1) is 14.7. The van der Waals surface area contributed by atoms with Crippen LogP contribution in [0.15, 0.2) is 16.8 Å². The van der Waals surface area contributed by atoms with Crippen LogP contribution in [0.4, 0.5) is 0 Å². The molecule has 0 aliphatic carbocycles. The first-order chi connectivity index (χ1) is 8.43. The Balaban J connectivity index is 1.76. The van der Waals surface area contributed by atoms with E-state index < -0.39 is 0 Å². The maximum atomic E-state index is 8.65. The average Bonchev–Trinajstić information content (AvgIpc) is 2.85. The Hall–Kier alpha value is -0.340. The van der Waals surface area contributed by atoms with Gasteiger partial charge in [-0.05, 0) is 41.7 Å². The molecular formula is C15H26OS. The molecule has 1 N–H and O–H groups in total. The molecule has 0 aliphatic rings. The minimum Gasteiger partial charge on any atom is -0.396 e. The van der Waals surface area contributed by atoms with Gasteiger partial charge in [-0.15, -0.1) is 0 Å². The molecule has 0 aliphatic heterocycles. The van der Waals surface area contributed by atoms with Gasteiger partial charge < -0.3 is 5.11 Å². The van der Waals surface area contributed by atoms with Gasteiger partial charge in [0.25, 0.3) is 0 Å². The molecule has 17 heavy (non-hydrogen) atoms. The van der Waals surface area contributed by atoms with E-state index >= 15 is 0 Å². The Bertz CT molecular complexity index is 243. The van der Waals surface area contributed by atoms with E-state index in [1.165, 1.54) is 63.4 Å². The lowest BCUT2D eigenvalue weighted by atomic mass is 10.1. The van der Waals surface area contributed by atoms with Gasteiger partial charge in [0.15, 0.2) is 0 Å². The Morgan fingerprint density at radius 2 is 1.41 bits per heavy atom. The third-order valence-electron chi connectivity index (χ3n) is 3.20. The van der Waals surface area contributed by atoms with Crippen LogP contribution in [0.1, 0.15) is 63.4 Å². The summed E-state index contributed by atoms with van der Waals surface area (Å²) in [4.78, 5) is 0. The summed E-state index contributed by atoms with van der Waals surface area (Å²) in [6.45, 7) is 0.364. The van der Waals surface area contributed by atoms with E-state index in [1.807, 2.05) is 0 Å². The normalized spacial score (nSPS) is 10.9. The molecular weight excluding hydrogens is 228 g/mol. The molecule has 1 nitrogen and oxygen atoms in total. The Morgan fingerprint density at radius 1 is 0.824 bits per heavy atom. The molecule has 0 atom stereocenters. The second kappa shape index (κ2) is 10.8. The molecule has 0 amide bonds. The molecule has 1 aromatic heterocycles. The number of aliphatic hydroxyl groups excluding tert-OH is 1. The summed E-state index contributed by atoms with van der Waals surface area (Å²) < 4.78 is 0. The maximum absolute atomic E-state index is 8.65. The van der Waals surface area contributed by atoms with Crippen LogP contribution in [-0.2, 0) is 6.42 Å². The van der Waals surface area contributed by atoms with E-state index in [0.717, 1.165) is 6.42 Å². The fourth-order valence-corrected chi connectivity index (χ4v) is 2.82. The summed E-state index contributed by atoms with van der Waals surface area (Å²) in [6.07, 6.45) is 13.0. The number of hydrogen-bond acceptors (Lipinski definition) is 2. The van der Waals surface area contributed by atoms with E-state index in [4.69, 9.17) is 5.11 Å². The fraction of sp³-hybridized carbons (Fsp3) is 0.733. The van der Waals surface area contributed by atoms with E-state index in [2.05, 4.69) is 16.8 Å². The highest BCUT2D eigenvalue weighted by molar-refractivity contribution is 7.07. The molecule has 0 spiro atoms. The summed E-state index contributed by atoms with van der Waals surface area (Å²) in [5.74, 6) is 0. The minimum atomic E-state index is 0.364. The van der Waals surface area contributed by atoms with Crippen molar-refractivity contribution < 1.29 is 5.11 Å². The van der Waals surface area contributed by atoms with Crippen LogP contribution in [0.2, 0.25) is 0 Å². The zero-order valence-corrected chi connectivity index (χ0v) is 11.7. The third kappa shape index (κ3) is 8.39. The topological polar surface area (TPSA) is 20.2 Å². The van der Waals surface area contributed by atoms with Gasteiger partial charge in [0, 0.05) is 6.61 Å². The highest BCUT2D eigenvalue weighted by atomic mass is 32.1. The highest BCUT2D eigenvalue weighted by Crippen LogP contribution is 2.13. The van der Waals surface area contributed by atoms with Crippen molar-refractivity contribution in [1.82, 2.24) is 0 Å². The third-order valence-corrected chi connectivity index (χ3v) is 3.94. The van der Waals surface area contributed by atoms with Crippen molar-refractivity contribution in [3.8, 4) is 0 Å². The Morgan fingerprint density at radius 3 is 1.94 bits per heavy atom. The van der Waals surface area contributed by atoms with Crippen molar-refractivity contribution in [3.05, 3.63) is 22.4 Å². The van der Waals surface area contributed by atoms with Crippen LogP contribution in [0, 0.1) is 0 Å². The SMILES string of the molecule is OCCCCCCCCCCCc1ccsc1. The molecule has 1 aromatic rings. The molecule has 1 rings (SSSR count). The predicted octanol–water partition coefficient (Wildman–Crippen LogP) is 4.79. The van der Waals surface area contributed by atoms with Crippen LogP contribution >= 0.6 is 11.3 Å². The van der Waals surface area contributed by atoms with Gasteiger partial charge in [-0.1, -0.05) is 44.9 Å². The number of hydrogen-bond donors (Lipinski definition) is 1. The summed E-state index contributed by atoms with van der Waals surface area (Å²) in [5, 5.41) is 13.1. The van der Waals surface area contributed by atoms with E-state index in [9.17, 15) is 0 Å². The van der Waals surface area contributed by atoms with Crippen LogP contribution in [0.5, 0.6) is 0 Å². The maximum Gasteiger partial charge on any atom is 0.0431 e. The van der Waals surface area contributed by atoms with Crippen molar-refractivity contribution in [1.29, 1.82) is 0 Å². The molecule has 0 saturated heterocycles. The second-order valence-corrected chi connectivity index (χ2v) is 5.57. The summed E-state index contributed by atoms with van der Waals surface area (Å²) in [5.41, 5.74) is 1.51. The Kier molecular flexibility index (Phi) is 9.34. The van der Waals surface area contributed by atoms with Crippen molar-refractivity contribution in [2.24, 2.45) is 0 Å². The van der Waals surface area contributed by atoms with Crippen LogP contribution in [-0.4, -0.2) is 11.7 Å². The predicted molar refractivity (Wildman–Crippen MR) is 76.7 cm³/mol. The number of aliphatic hydroxyl groups is 1. The number of rotatable bonds is 11. The summed E-state index contributed by atoms with van der Waals surface area (Å²) >= 11 is 1.80. The molecule has 0 bridgehead atoms. The smallest absolute Gasteiger partial charge is 0.0431 e. The van der Waals surface area contributed by atoms with Crippen molar-refractivity contribution >= 4 is 11.3 Å². The van der Waals surface area contributed by atoms with Gasteiger partial charge in [0.2, 0.25) is 0 Å². The monoisotopic (exact) mass is 254 g/mol. The van der Waals surface area contributed by atoms with Crippen molar-refractivity contribution in [2.45, 2.75) is 64.2 Å². The molecule has 0 fully saturated rings. The first-order valence-electron chi connectivity index (χ1n) is 7.05. The fourth-order valence-electron chi connectivity index (χ4n) is 2.11. The van der Waals surface area contributed by atoms with E-state index in [0.29, 0.717) is 6.61 Å². The number of thiophene rings is 1. The van der Waals surface area contributed by atoms with Gasteiger partial charge in [-0.3, -0.25) is 0 Å². The van der Waals surface area contributed by atoms with E-state index in [-0.39, 0.29) is 0 Å². The van der Waals surface area contributed by atoms with Gasteiger partial charge in [0.05, 0.1) is 0 Å². The lowest BCUT2D eigenvalue weighted by molar-refractivity contribution is 0.282. The van der Waals surface area contributed by atoms with Gasteiger partial charge in [-0.2, -0.15) is 11.3 Å². The zero-order chi connectivity index (χ0) is 12.2. The molecule has 98 valence electrons. The average molecular weight is 254 g/mol. The van der Waals surface area contributed by atoms with E-state index in [1.54, 1.807) is 11.3 Å². The molecule has 0 radical (unpaired) electrons. The first-order valence-corrected chi connectivity index (χ1v) is 7.99. The standard InChI is InChI=1S/C15H26OS/c16-12-9-7-5-3-1-2-4-6-8-10-15-11-13-17-14-15/h11,13-14,16H,1-10,12H2. The zero-order valence-electron chi connectivity index (χ0n) is 10.9. The van der Waals surface area contributed by atoms with Crippen LogP contribution < -0.4 is 0 Å². The molecule has 0 aromatic carbocycles. The quantitative estimate of drug-likeness (QED) is 0.563. The van der Waals surface area contributed by atoms with Crippen LogP contribution in [0.3, 0.4) is 0 Å². The molecule has 0 saturated carbocycles. The summed E-state index contributed by atoms with van der Waals surface area (Å²) in [6, 6.07) is 2.24. The summed E-state index contributed by atoms with van der Waals surface area (Å²) in [7, 11) is 0. The lowest BCUT2D eigenvalue weighted by Crippen LogP contribution is -1.85. The van der Waals surface area contributed by atoms with Gasteiger partial charge in [0.1, 0.15) is 0 Å². The van der Waals surface area contributed by atoms with Crippen molar-refractivity contribution in [2.75, 3.05) is 6.61 Å². The number of aryl methyl sites for hydroxylation is 1.